The first kappa shape index (κ1) is 17.3. The van der Waals surface area contributed by atoms with Crippen molar-refractivity contribution in [2.24, 2.45) is 0 Å². The summed E-state index contributed by atoms with van der Waals surface area (Å²) in [6.07, 6.45) is 1.06. The molecule has 0 saturated carbocycles. The smallest absolute Gasteiger partial charge is 0.342 e. The van der Waals surface area contributed by atoms with Crippen molar-refractivity contribution in [3.63, 3.8) is 0 Å². The number of hydrogen-bond acceptors (Lipinski definition) is 4. The van der Waals surface area contributed by atoms with Crippen molar-refractivity contribution in [3.8, 4) is 0 Å². The molecule has 0 unspecified atom stereocenters. The second-order valence-corrected chi connectivity index (χ2v) is 5.21. The molecule has 0 bridgehead atoms. The second-order valence-electron chi connectivity index (χ2n) is 5.21. The lowest BCUT2D eigenvalue weighted by Gasteiger charge is -2.07. The summed E-state index contributed by atoms with van der Waals surface area (Å²) in [7, 11) is 0. The average molecular weight is 322 g/mol. The molecule has 0 spiro atoms. The molecule has 2 aromatic carbocycles. The van der Waals surface area contributed by atoms with Crippen LogP contribution in [0.5, 0.6) is 0 Å². The van der Waals surface area contributed by atoms with Crippen LogP contribution in [0.2, 0.25) is 0 Å². The highest BCUT2D eigenvalue weighted by Crippen LogP contribution is 2.13. The van der Waals surface area contributed by atoms with E-state index in [2.05, 4.69) is 0 Å². The van der Waals surface area contributed by atoms with Gasteiger partial charge in [-0.2, -0.15) is 0 Å². The number of benzene rings is 2. The molecule has 2 aromatic rings. The van der Waals surface area contributed by atoms with E-state index in [1.54, 1.807) is 55.5 Å². The first-order valence-corrected chi connectivity index (χ1v) is 7.62. The minimum atomic E-state index is -0.799. The molecule has 0 saturated heterocycles. The fraction of sp³-hybridized carbons (Fsp3) is 0.150. The van der Waals surface area contributed by atoms with Crippen molar-refractivity contribution in [3.05, 3.63) is 82.9 Å². The number of carbonyl (C=O) groups is 3. The summed E-state index contributed by atoms with van der Waals surface area (Å²) in [6, 6.07) is 15.3. The summed E-state index contributed by atoms with van der Waals surface area (Å²) in [5.74, 6) is -1.74. The van der Waals surface area contributed by atoms with Crippen LogP contribution in [0.1, 0.15) is 33.2 Å². The van der Waals surface area contributed by atoms with Gasteiger partial charge in [-0.15, -0.1) is 0 Å². The van der Waals surface area contributed by atoms with Crippen molar-refractivity contribution in [1.82, 2.24) is 0 Å². The van der Waals surface area contributed by atoms with Crippen LogP contribution in [0.25, 0.3) is 0 Å². The van der Waals surface area contributed by atoms with E-state index in [4.69, 9.17) is 4.74 Å². The SMILES string of the molecule is CCOC(=O)/C(=C/C(=O)c1cccc(C)c1)C(=O)c1ccccc1. The Bertz CT molecular complexity index is 788. The van der Waals surface area contributed by atoms with E-state index in [-0.39, 0.29) is 12.2 Å². The van der Waals surface area contributed by atoms with Crippen LogP contribution in [0.4, 0.5) is 0 Å². The molecule has 0 radical (unpaired) electrons. The topological polar surface area (TPSA) is 60.4 Å². The van der Waals surface area contributed by atoms with Gasteiger partial charge in [-0.25, -0.2) is 4.79 Å². The molecule has 0 atom stereocenters. The van der Waals surface area contributed by atoms with E-state index in [9.17, 15) is 14.4 Å². The Morgan fingerprint density at radius 3 is 2.25 bits per heavy atom. The Kier molecular flexibility index (Phi) is 5.79. The molecule has 0 aliphatic heterocycles. The molecule has 122 valence electrons. The number of allylic oxidation sites excluding steroid dienone is 1. The van der Waals surface area contributed by atoms with Crippen LogP contribution in [0.3, 0.4) is 0 Å². The number of ketones is 2. The predicted octanol–water partition coefficient (Wildman–Crippen LogP) is 3.55. The first-order valence-electron chi connectivity index (χ1n) is 7.62. The highest BCUT2D eigenvalue weighted by atomic mass is 16.5. The Hall–Kier alpha value is -3.01. The third-order valence-electron chi connectivity index (χ3n) is 3.35. The molecule has 0 fully saturated rings. The highest BCUT2D eigenvalue weighted by Gasteiger charge is 2.22. The van der Waals surface area contributed by atoms with E-state index < -0.39 is 17.5 Å². The Morgan fingerprint density at radius 1 is 0.958 bits per heavy atom. The fourth-order valence-electron chi connectivity index (χ4n) is 2.18. The highest BCUT2D eigenvalue weighted by molar-refractivity contribution is 6.27. The van der Waals surface area contributed by atoms with Crippen molar-refractivity contribution in [1.29, 1.82) is 0 Å². The van der Waals surface area contributed by atoms with Gasteiger partial charge < -0.3 is 4.74 Å². The maximum atomic E-state index is 12.6. The van der Waals surface area contributed by atoms with Crippen LogP contribution in [0, 0.1) is 6.92 Å². The van der Waals surface area contributed by atoms with Gasteiger partial charge in [0.1, 0.15) is 5.57 Å². The predicted molar refractivity (Wildman–Crippen MR) is 91.0 cm³/mol. The van der Waals surface area contributed by atoms with Gasteiger partial charge in [0.15, 0.2) is 11.6 Å². The molecule has 0 aliphatic carbocycles. The van der Waals surface area contributed by atoms with Crippen LogP contribution in [-0.2, 0) is 9.53 Å². The van der Waals surface area contributed by atoms with Gasteiger partial charge >= 0.3 is 5.97 Å². The Morgan fingerprint density at radius 2 is 1.62 bits per heavy atom. The summed E-state index contributed by atoms with van der Waals surface area (Å²) >= 11 is 0. The number of esters is 1. The summed E-state index contributed by atoms with van der Waals surface area (Å²) in [5, 5.41) is 0. The van der Waals surface area contributed by atoms with Gasteiger partial charge in [0.25, 0.3) is 0 Å². The number of Topliss-reactive ketones (excluding diaryl/α,β-unsaturated/α-hetero) is 1. The average Bonchev–Trinajstić information content (AvgIpc) is 2.59. The maximum absolute atomic E-state index is 12.6. The van der Waals surface area contributed by atoms with Crippen molar-refractivity contribution in [2.45, 2.75) is 13.8 Å². The van der Waals surface area contributed by atoms with E-state index in [1.165, 1.54) is 0 Å². The summed E-state index contributed by atoms with van der Waals surface area (Å²) in [4.78, 5) is 37.1. The molecule has 2 rings (SSSR count). The zero-order valence-electron chi connectivity index (χ0n) is 13.6. The van der Waals surface area contributed by atoms with Gasteiger partial charge in [0.2, 0.25) is 0 Å². The standard InChI is InChI=1S/C20H18O4/c1-3-24-20(23)17(19(22)15-9-5-4-6-10-15)13-18(21)16-11-7-8-14(2)12-16/h4-13H,3H2,1-2H3/b17-13+. The molecule has 24 heavy (non-hydrogen) atoms. The van der Waals surface area contributed by atoms with E-state index in [0.717, 1.165) is 11.6 Å². The Labute approximate surface area is 140 Å². The van der Waals surface area contributed by atoms with Gasteiger partial charge in [0, 0.05) is 17.2 Å². The van der Waals surface area contributed by atoms with Gasteiger partial charge in [-0.1, -0.05) is 54.1 Å². The molecule has 0 amide bonds. The Balaban J connectivity index is 2.40. The zero-order chi connectivity index (χ0) is 17.5. The quantitative estimate of drug-likeness (QED) is 0.268. The monoisotopic (exact) mass is 322 g/mol. The van der Waals surface area contributed by atoms with Crippen LogP contribution >= 0.6 is 0 Å². The van der Waals surface area contributed by atoms with Crippen LogP contribution in [0.15, 0.2) is 66.2 Å². The lowest BCUT2D eigenvalue weighted by Crippen LogP contribution is -2.18. The number of aryl methyl sites for hydroxylation is 1. The summed E-state index contributed by atoms with van der Waals surface area (Å²) in [5.41, 5.74) is 1.39. The van der Waals surface area contributed by atoms with Gasteiger partial charge in [0.05, 0.1) is 6.61 Å². The lowest BCUT2D eigenvalue weighted by molar-refractivity contribution is -0.138. The third kappa shape index (κ3) is 4.26. The molecule has 4 heteroatoms. The third-order valence-corrected chi connectivity index (χ3v) is 3.35. The minimum Gasteiger partial charge on any atom is -0.462 e. The van der Waals surface area contributed by atoms with Gasteiger partial charge in [-0.3, -0.25) is 9.59 Å². The van der Waals surface area contributed by atoms with Gasteiger partial charge in [-0.05, 0) is 19.9 Å². The van der Waals surface area contributed by atoms with E-state index in [1.807, 2.05) is 13.0 Å². The lowest BCUT2D eigenvalue weighted by atomic mass is 10.00. The number of ether oxygens (including phenoxy) is 1. The van der Waals surface area contributed by atoms with E-state index >= 15 is 0 Å². The molecule has 0 aromatic heterocycles. The second kappa shape index (κ2) is 8.02. The largest absolute Gasteiger partial charge is 0.462 e. The summed E-state index contributed by atoms with van der Waals surface area (Å²) in [6.45, 7) is 3.63. The molecule has 0 heterocycles. The molecule has 4 nitrogen and oxygen atoms in total. The van der Waals surface area contributed by atoms with E-state index in [0.29, 0.717) is 11.1 Å². The minimum absolute atomic E-state index is 0.122. The summed E-state index contributed by atoms with van der Waals surface area (Å²) < 4.78 is 4.93. The van der Waals surface area contributed by atoms with Crippen molar-refractivity contribution < 1.29 is 19.1 Å². The first-order chi connectivity index (χ1) is 11.5. The molecule has 0 N–H and O–H groups in total. The van der Waals surface area contributed by atoms with Crippen LogP contribution < -0.4 is 0 Å². The number of rotatable bonds is 6. The molecular formula is C20H18O4. The zero-order valence-corrected chi connectivity index (χ0v) is 13.6. The maximum Gasteiger partial charge on any atom is 0.342 e. The van der Waals surface area contributed by atoms with Crippen molar-refractivity contribution in [2.75, 3.05) is 6.61 Å². The number of hydrogen-bond donors (Lipinski definition) is 0. The van der Waals surface area contributed by atoms with Crippen LogP contribution in [-0.4, -0.2) is 24.1 Å². The fourth-order valence-corrected chi connectivity index (χ4v) is 2.18. The number of carbonyl (C=O) groups excluding carboxylic acids is 3. The normalized spacial score (nSPS) is 11.0. The molecular weight excluding hydrogens is 304 g/mol. The van der Waals surface area contributed by atoms with Crippen molar-refractivity contribution >= 4 is 17.5 Å². The molecule has 0 aliphatic rings.